The molecule has 0 unspecified atom stereocenters. The van der Waals surface area contributed by atoms with Crippen molar-refractivity contribution in [1.29, 1.82) is 0 Å². The van der Waals surface area contributed by atoms with Crippen LogP contribution in [0.1, 0.15) is 78.7 Å². The van der Waals surface area contributed by atoms with Crippen LogP contribution in [-0.2, 0) is 15.7 Å². The summed E-state index contributed by atoms with van der Waals surface area (Å²) < 4.78 is 72.1. The van der Waals surface area contributed by atoms with E-state index in [1.54, 1.807) is 44.1 Å². The lowest BCUT2D eigenvalue weighted by Crippen LogP contribution is -2.35. The van der Waals surface area contributed by atoms with Crippen molar-refractivity contribution in [3.05, 3.63) is 93.8 Å². The number of methoxy groups -OCH3 is 2. The molecule has 1 saturated heterocycles. The van der Waals surface area contributed by atoms with E-state index < -0.39 is 41.8 Å². The number of carbonyl (C=O) groups excluding carboxylic acids is 2. The molecular weight excluding hydrogens is 602 g/mol. The average molecular weight is 640 g/mol. The quantitative estimate of drug-likeness (QED) is 0.191. The van der Waals surface area contributed by atoms with Gasteiger partial charge in [-0.3, -0.25) is 4.90 Å². The highest BCUT2D eigenvalue weighted by Gasteiger charge is 2.42. The summed E-state index contributed by atoms with van der Waals surface area (Å²) in [5.74, 6) is -0.639. The fourth-order valence-corrected chi connectivity index (χ4v) is 6.50. The Kier molecular flexibility index (Phi) is 8.94. The highest BCUT2D eigenvalue weighted by atomic mass is 19.4. The fraction of sp³-hybridized carbons (Fsp3) is 0.389. The molecule has 0 aromatic heterocycles. The van der Waals surface area contributed by atoms with Crippen LogP contribution in [0.2, 0.25) is 0 Å². The molecule has 1 fully saturated rings. The number of hydrogen-bond donors (Lipinski definition) is 0. The smallest absolute Gasteiger partial charge is 0.416 e. The van der Waals surface area contributed by atoms with E-state index in [-0.39, 0.29) is 17.5 Å². The lowest BCUT2D eigenvalue weighted by atomic mass is 9.72. The molecule has 10 heteroatoms. The largest absolute Gasteiger partial charge is 0.496 e. The molecule has 0 N–H and O–H groups in total. The molecule has 5 rings (SSSR count). The normalized spacial score (nSPS) is 19.7. The SMILES string of the molecule is COC(=O)c1ccc(-c2ccc(OC)c(C3=C(CN4C(=O)O[C@H](c5cc(C)cc(C(F)(F)F)c5)[C@@H]4C)CC(C)(C)CC3)c2)c(F)c1. The van der Waals surface area contributed by atoms with Gasteiger partial charge in [-0.25, -0.2) is 14.0 Å². The maximum Gasteiger partial charge on any atom is 0.416 e. The van der Waals surface area contributed by atoms with Crippen molar-refractivity contribution in [2.24, 2.45) is 5.41 Å². The second-order valence-electron chi connectivity index (χ2n) is 12.8. The van der Waals surface area contributed by atoms with Crippen LogP contribution in [0.4, 0.5) is 22.4 Å². The van der Waals surface area contributed by atoms with Gasteiger partial charge in [0.1, 0.15) is 17.7 Å². The lowest BCUT2D eigenvalue weighted by molar-refractivity contribution is -0.137. The zero-order valence-electron chi connectivity index (χ0n) is 26.7. The summed E-state index contributed by atoms with van der Waals surface area (Å²) in [6, 6.07) is 12.7. The van der Waals surface area contributed by atoms with Gasteiger partial charge in [0.2, 0.25) is 0 Å². The summed E-state index contributed by atoms with van der Waals surface area (Å²) >= 11 is 0. The Morgan fingerprint density at radius 2 is 1.78 bits per heavy atom. The number of carbonyl (C=O) groups is 2. The van der Waals surface area contributed by atoms with E-state index in [4.69, 9.17) is 14.2 Å². The first-order chi connectivity index (χ1) is 21.6. The van der Waals surface area contributed by atoms with Crippen LogP contribution in [0.5, 0.6) is 5.75 Å². The Hall–Kier alpha value is -4.34. The van der Waals surface area contributed by atoms with E-state index in [0.29, 0.717) is 40.8 Å². The number of amides is 1. The molecule has 46 heavy (non-hydrogen) atoms. The first kappa shape index (κ1) is 33.0. The Labute approximate surface area is 265 Å². The third kappa shape index (κ3) is 6.62. The molecule has 1 heterocycles. The summed E-state index contributed by atoms with van der Waals surface area (Å²) in [6.07, 6.45) is -3.83. The predicted octanol–water partition coefficient (Wildman–Crippen LogP) is 9.16. The van der Waals surface area contributed by atoms with Crippen LogP contribution in [0, 0.1) is 18.2 Å². The van der Waals surface area contributed by atoms with Crippen LogP contribution in [0.25, 0.3) is 16.7 Å². The molecule has 0 saturated carbocycles. The average Bonchev–Trinajstić information content (AvgIpc) is 3.27. The molecule has 3 aromatic carbocycles. The Morgan fingerprint density at radius 1 is 1.04 bits per heavy atom. The molecule has 0 radical (unpaired) electrons. The second-order valence-corrected chi connectivity index (χ2v) is 12.8. The third-order valence-corrected chi connectivity index (χ3v) is 8.91. The Bertz CT molecular complexity index is 1710. The molecule has 1 amide bonds. The molecule has 1 aliphatic carbocycles. The summed E-state index contributed by atoms with van der Waals surface area (Å²) in [4.78, 5) is 26.7. The number of rotatable bonds is 7. The minimum absolute atomic E-state index is 0.0794. The number of aryl methyl sites for hydroxylation is 1. The first-order valence-electron chi connectivity index (χ1n) is 15.1. The van der Waals surface area contributed by atoms with Crippen molar-refractivity contribution in [3.8, 4) is 16.9 Å². The third-order valence-electron chi connectivity index (χ3n) is 8.91. The zero-order chi connectivity index (χ0) is 33.6. The molecule has 0 spiro atoms. The van der Waals surface area contributed by atoms with Gasteiger partial charge in [-0.05, 0) is 97.2 Å². The standard InChI is InChI=1S/C36H37F4NO5/c1-20-13-24(15-26(14-20)36(38,39)40)32-21(2)41(34(43)46-32)19-25-18-35(3,4)12-11-27(25)29-16-22(8-10-31(29)44-5)28-9-7-23(17-30(28)37)33(42)45-6/h7-10,13-17,21,32H,11-12,18-19H2,1-6H3/t21-,32-/m0/s1. The number of nitrogens with zero attached hydrogens (tertiary/aromatic N) is 1. The van der Waals surface area contributed by atoms with E-state index in [9.17, 15) is 22.8 Å². The zero-order valence-corrected chi connectivity index (χ0v) is 26.7. The number of esters is 1. The van der Waals surface area contributed by atoms with Crippen LogP contribution >= 0.6 is 0 Å². The molecule has 244 valence electrons. The van der Waals surface area contributed by atoms with Gasteiger partial charge in [-0.15, -0.1) is 0 Å². The van der Waals surface area contributed by atoms with Crippen molar-refractivity contribution in [1.82, 2.24) is 4.90 Å². The predicted molar refractivity (Wildman–Crippen MR) is 166 cm³/mol. The van der Waals surface area contributed by atoms with E-state index in [1.165, 1.54) is 19.2 Å². The van der Waals surface area contributed by atoms with Crippen molar-refractivity contribution in [2.45, 2.75) is 65.3 Å². The summed E-state index contributed by atoms with van der Waals surface area (Å²) in [5, 5.41) is 0. The maximum atomic E-state index is 15.2. The van der Waals surface area contributed by atoms with Crippen molar-refractivity contribution in [3.63, 3.8) is 0 Å². The Morgan fingerprint density at radius 3 is 2.43 bits per heavy atom. The molecule has 2 atom stereocenters. The topological polar surface area (TPSA) is 65.1 Å². The molecule has 3 aromatic rings. The van der Waals surface area contributed by atoms with Gasteiger partial charge in [0, 0.05) is 17.7 Å². The van der Waals surface area contributed by atoms with Gasteiger partial charge < -0.3 is 14.2 Å². The minimum atomic E-state index is -4.53. The van der Waals surface area contributed by atoms with E-state index >= 15 is 4.39 Å². The van der Waals surface area contributed by atoms with Gasteiger partial charge in [-0.2, -0.15) is 13.2 Å². The number of allylic oxidation sites excluding steroid dienone is 1. The van der Waals surface area contributed by atoms with Crippen LogP contribution in [0.15, 0.2) is 60.2 Å². The Balaban J connectivity index is 1.53. The second kappa shape index (κ2) is 12.5. The van der Waals surface area contributed by atoms with E-state index in [0.717, 1.165) is 41.3 Å². The summed E-state index contributed by atoms with van der Waals surface area (Å²) in [5.41, 5.74) is 3.52. The molecule has 0 bridgehead atoms. The van der Waals surface area contributed by atoms with Crippen LogP contribution in [-0.4, -0.2) is 43.8 Å². The highest BCUT2D eigenvalue weighted by molar-refractivity contribution is 5.90. The molecular formula is C36H37F4NO5. The lowest BCUT2D eigenvalue weighted by Gasteiger charge is -2.36. The summed E-state index contributed by atoms with van der Waals surface area (Å²) in [7, 11) is 2.79. The minimum Gasteiger partial charge on any atom is -0.496 e. The van der Waals surface area contributed by atoms with Crippen LogP contribution < -0.4 is 4.74 Å². The monoisotopic (exact) mass is 639 g/mol. The molecule has 6 nitrogen and oxygen atoms in total. The number of alkyl halides is 3. The van der Waals surface area contributed by atoms with Crippen molar-refractivity contribution in [2.75, 3.05) is 20.8 Å². The van der Waals surface area contributed by atoms with Crippen molar-refractivity contribution >= 4 is 17.6 Å². The number of ether oxygens (including phenoxy) is 3. The van der Waals surface area contributed by atoms with Gasteiger partial charge in [0.05, 0.1) is 31.4 Å². The maximum absolute atomic E-state index is 15.2. The number of halogens is 4. The number of benzene rings is 3. The number of cyclic esters (lactones) is 1. The van der Waals surface area contributed by atoms with Gasteiger partial charge in [-0.1, -0.05) is 37.6 Å². The van der Waals surface area contributed by atoms with Crippen LogP contribution in [0.3, 0.4) is 0 Å². The molecule has 1 aliphatic heterocycles. The summed E-state index contributed by atoms with van der Waals surface area (Å²) in [6.45, 7) is 7.87. The van der Waals surface area contributed by atoms with E-state index in [1.807, 2.05) is 6.07 Å². The molecule has 2 aliphatic rings. The first-order valence-corrected chi connectivity index (χ1v) is 15.1. The fourth-order valence-electron chi connectivity index (χ4n) is 6.50. The van der Waals surface area contributed by atoms with E-state index in [2.05, 4.69) is 13.8 Å². The number of hydrogen-bond acceptors (Lipinski definition) is 5. The van der Waals surface area contributed by atoms with Gasteiger partial charge in [0.25, 0.3) is 0 Å². The van der Waals surface area contributed by atoms with Gasteiger partial charge >= 0.3 is 18.2 Å². The van der Waals surface area contributed by atoms with Gasteiger partial charge in [0.15, 0.2) is 0 Å². The van der Waals surface area contributed by atoms with Crippen molar-refractivity contribution < 1.29 is 41.4 Å². The highest BCUT2D eigenvalue weighted by Crippen LogP contribution is 2.47.